The van der Waals surface area contributed by atoms with E-state index in [1.165, 1.54) is 0 Å². The lowest BCUT2D eigenvalue weighted by molar-refractivity contribution is -0.144. The molecule has 0 saturated heterocycles. The van der Waals surface area contributed by atoms with Gasteiger partial charge in [0.1, 0.15) is 5.54 Å². The minimum Gasteiger partial charge on any atom is -0.480 e. The number of carboxylic acid groups (broad SMARTS) is 1. The van der Waals surface area contributed by atoms with Crippen molar-refractivity contribution in [2.45, 2.75) is 82.0 Å². The first-order valence-corrected chi connectivity index (χ1v) is 8.19. The van der Waals surface area contributed by atoms with Gasteiger partial charge < -0.3 is 15.5 Å². The Kier molecular flexibility index (Phi) is 6.22. The summed E-state index contributed by atoms with van der Waals surface area (Å²) in [6.45, 7) is 8.09. The molecule has 1 aliphatic carbocycles. The molecular weight excluding hydrogens is 285 g/mol. The molecule has 1 fully saturated rings. The Hall–Kier alpha value is -0.195. The van der Waals surface area contributed by atoms with Gasteiger partial charge in [-0.1, -0.05) is 19.2 Å². The van der Waals surface area contributed by atoms with Gasteiger partial charge in [0.25, 0.3) is 7.48 Å². The highest BCUT2D eigenvalue weighted by atomic mass is 32.1. The van der Waals surface area contributed by atoms with Gasteiger partial charge in [-0.25, -0.2) is 0 Å². The molecule has 1 saturated carbocycles. The van der Waals surface area contributed by atoms with Crippen molar-refractivity contribution in [1.82, 2.24) is 0 Å². The summed E-state index contributed by atoms with van der Waals surface area (Å²) in [5, 5.41) is 9.28. The Morgan fingerprint density at radius 1 is 1.48 bits per heavy atom. The summed E-state index contributed by atoms with van der Waals surface area (Å²) in [6, 6.07) is 0. The average molecular weight is 314 g/mol. The lowest BCUT2D eigenvalue weighted by Crippen LogP contribution is -2.50. The maximum absolute atomic E-state index is 11.3. The van der Waals surface area contributed by atoms with Crippen LogP contribution in [0.5, 0.6) is 0 Å². The second-order valence-corrected chi connectivity index (χ2v) is 8.34. The molecule has 1 unspecified atom stereocenters. The van der Waals surface area contributed by atoms with Crippen LogP contribution in [0.25, 0.3) is 0 Å². The van der Waals surface area contributed by atoms with Gasteiger partial charge in [-0.2, -0.15) is 12.6 Å². The third kappa shape index (κ3) is 4.63. The number of rotatable bonds is 8. The molecule has 21 heavy (non-hydrogen) atoms. The van der Waals surface area contributed by atoms with Crippen LogP contribution < -0.4 is 5.73 Å². The summed E-state index contributed by atoms with van der Waals surface area (Å²) in [5.74, 6) is -0.777. The monoisotopic (exact) mass is 314 g/mol. The normalized spacial score (nSPS) is 26.9. The van der Waals surface area contributed by atoms with Crippen molar-refractivity contribution >= 4 is 26.1 Å². The quantitative estimate of drug-likeness (QED) is 0.366. The van der Waals surface area contributed by atoms with Crippen LogP contribution in [0.3, 0.4) is 0 Å². The molecule has 3 N–H and O–H groups in total. The Morgan fingerprint density at radius 2 is 2.10 bits per heavy atom. The van der Waals surface area contributed by atoms with E-state index in [0.717, 1.165) is 32.0 Å². The van der Waals surface area contributed by atoms with Crippen molar-refractivity contribution < 1.29 is 14.6 Å². The smallest absolute Gasteiger partial charge is 0.323 e. The van der Waals surface area contributed by atoms with Crippen molar-refractivity contribution in [3.63, 3.8) is 0 Å². The highest BCUT2D eigenvalue weighted by molar-refractivity contribution is 7.81. The number of thiol groups is 1. The third-order valence-corrected chi connectivity index (χ3v) is 5.53. The first-order chi connectivity index (χ1) is 9.51. The summed E-state index contributed by atoms with van der Waals surface area (Å²) < 4.78 is 5.58. The van der Waals surface area contributed by atoms with Crippen LogP contribution in [0.15, 0.2) is 0 Å². The Labute approximate surface area is 134 Å². The van der Waals surface area contributed by atoms with Crippen LogP contribution in [0, 0.1) is 5.92 Å². The molecule has 1 rings (SSSR count). The SMILES string of the molecule is CC(C)(S)C(C)(C)O[B]CCCC1CCC[C@@]1(N)C(=O)O. The van der Waals surface area contributed by atoms with Crippen molar-refractivity contribution in [2.75, 3.05) is 0 Å². The Balaban J connectivity index is 2.31. The molecule has 121 valence electrons. The molecule has 0 aromatic carbocycles. The van der Waals surface area contributed by atoms with E-state index in [9.17, 15) is 9.90 Å². The predicted octanol–water partition coefficient (Wildman–Crippen LogP) is 2.89. The van der Waals surface area contributed by atoms with Crippen molar-refractivity contribution in [1.29, 1.82) is 0 Å². The fourth-order valence-electron chi connectivity index (χ4n) is 2.65. The second kappa shape index (κ2) is 6.92. The van der Waals surface area contributed by atoms with Crippen LogP contribution >= 0.6 is 12.6 Å². The molecule has 0 aromatic heterocycles. The first kappa shape index (κ1) is 18.9. The molecule has 0 bridgehead atoms. The molecule has 0 aromatic rings. The highest BCUT2D eigenvalue weighted by Crippen LogP contribution is 2.37. The number of hydrogen-bond acceptors (Lipinski definition) is 4. The van der Waals surface area contributed by atoms with E-state index in [0.29, 0.717) is 6.42 Å². The zero-order chi connectivity index (χ0) is 16.3. The van der Waals surface area contributed by atoms with E-state index in [4.69, 9.17) is 10.4 Å². The van der Waals surface area contributed by atoms with Gasteiger partial charge in [0.2, 0.25) is 0 Å². The summed E-state index contributed by atoms with van der Waals surface area (Å²) in [5.41, 5.74) is 4.67. The van der Waals surface area contributed by atoms with Gasteiger partial charge in [-0.15, -0.1) is 0 Å². The fraction of sp³-hybridized carbons (Fsp3) is 0.933. The zero-order valence-corrected chi connectivity index (χ0v) is 14.6. The summed E-state index contributed by atoms with van der Waals surface area (Å²) in [7, 11) is 1.83. The summed E-state index contributed by atoms with van der Waals surface area (Å²) in [6.07, 6.45) is 4.97. The van der Waals surface area contributed by atoms with E-state index in [1.807, 2.05) is 35.2 Å². The molecule has 0 aliphatic heterocycles. The van der Waals surface area contributed by atoms with E-state index in [1.54, 1.807) is 0 Å². The topological polar surface area (TPSA) is 72.5 Å². The number of aliphatic carboxylic acids is 1. The number of hydrogen-bond donors (Lipinski definition) is 3. The highest BCUT2D eigenvalue weighted by Gasteiger charge is 2.45. The van der Waals surface area contributed by atoms with Gasteiger partial charge in [0.15, 0.2) is 0 Å². The van der Waals surface area contributed by atoms with Crippen LogP contribution in [-0.4, -0.2) is 34.4 Å². The van der Waals surface area contributed by atoms with Crippen molar-refractivity contribution in [3.05, 3.63) is 0 Å². The van der Waals surface area contributed by atoms with Gasteiger partial charge >= 0.3 is 5.97 Å². The van der Waals surface area contributed by atoms with E-state index in [-0.39, 0.29) is 16.3 Å². The standard InChI is InChI=1S/C15H29BNO3S/c1-13(2,14(3,4)21)20-16-10-6-8-11-7-5-9-15(11,17)12(18)19/h11,21H,5-10,17H2,1-4H3,(H,18,19)/t11?,15-/m0/s1. The third-order valence-electron chi connectivity index (χ3n) is 5.00. The second-order valence-electron chi connectivity index (χ2n) is 7.22. The van der Waals surface area contributed by atoms with Crippen LogP contribution in [-0.2, 0) is 9.45 Å². The molecular formula is C15H29BNO3S. The van der Waals surface area contributed by atoms with Crippen LogP contribution in [0.2, 0.25) is 6.32 Å². The first-order valence-electron chi connectivity index (χ1n) is 7.75. The van der Waals surface area contributed by atoms with E-state index in [2.05, 4.69) is 12.6 Å². The van der Waals surface area contributed by atoms with Crippen LogP contribution in [0.1, 0.15) is 59.8 Å². The minimum atomic E-state index is -1.02. The van der Waals surface area contributed by atoms with Crippen molar-refractivity contribution in [3.8, 4) is 0 Å². The lowest BCUT2D eigenvalue weighted by Gasteiger charge is -2.38. The molecule has 0 spiro atoms. The molecule has 1 radical (unpaired) electrons. The molecule has 2 atom stereocenters. The molecule has 4 nitrogen and oxygen atoms in total. The zero-order valence-electron chi connectivity index (χ0n) is 13.7. The van der Waals surface area contributed by atoms with E-state index >= 15 is 0 Å². The van der Waals surface area contributed by atoms with Gasteiger partial charge in [-0.05, 0) is 52.9 Å². The van der Waals surface area contributed by atoms with Gasteiger partial charge in [-0.3, -0.25) is 4.79 Å². The predicted molar refractivity (Wildman–Crippen MR) is 89.9 cm³/mol. The van der Waals surface area contributed by atoms with Crippen LogP contribution in [0.4, 0.5) is 0 Å². The molecule has 0 heterocycles. The average Bonchev–Trinajstić information content (AvgIpc) is 2.70. The maximum Gasteiger partial charge on any atom is 0.323 e. The largest absolute Gasteiger partial charge is 0.480 e. The Bertz CT molecular complexity index is 370. The van der Waals surface area contributed by atoms with Crippen molar-refractivity contribution in [2.24, 2.45) is 11.7 Å². The lowest BCUT2D eigenvalue weighted by atomic mass is 9.80. The fourth-order valence-corrected chi connectivity index (χ4v) is 2.70. The van der Waals surface area contributed by atoms with Gasteiger partial charge in [0, 0.05) is 4.75 Å². The molecule has 1 aliphatic rings. The maximum atomic E-state index is 11.3. The van der Waals surface area contributed by atoms with E-state index < -0.39 is 11.5 Å². The summed E-state index contributed by atoms with van der Waals surface area (Å²) in [4.78, 5) is 11.3. The summed E-state index contributed by atoms with van der Waals surface area (Å²) >= 11 is 4.55. The van der Waals surface area contributed by atoms with Gasteiger partial charge in [0.05, 0.1) is 5.60 Å². The minimum absolute atomic E-state index is 0.0812. The number of carboxylic acids is 1. The molecule has 6 heteroatoms. The number of carbonyl (C=O) groups is 1. The molecule has 0 amide bonds. The Morgan fingerprint density at radius 3 is 2.62 bits per heavy atom. The number of nitrogens with two attached hydrogens (primary N) is 1.